The molecule has 0 aliphatic carbocycles. The molecule has 0 aliphatic rings. The Balaban J connectivity index is 2.53. The van der Waals surface area contributed by atoms with Gasteiger partial charge in [-0.1, -0.05) is 62.1 Å². The SMILES string of the molecule is C=C(C[Si](C)(C)C)[C@@H](N)Cc1ccccc1. The minimum absolute atomic E-state index is 0.106. The first-order valence-electron chi connectivity index (χ1n) is 5.86. The van der Waals surface area contributed by atoms with E-state index < -0.39 is 8.07 Å². The molecule has 2 N–H and O–H groups in total. The average molecular weight is 233 g/mol. The Kier molecular flexibility index (Phi) is 4.51. The average Bonchev–Trinajstić information content (AvgIpc) is 2.16. The Hall–Kier alpha value is -0.863. The van der Waals surface area contributed by atoms with E-state index in [0.29, 0.717) is 0 Å². The molecule has 0 saturated heterocycles. The highest BCUT2D eigenvalue weighted by Gasteiger charge is 2.18. The van der Waals surface area contributed by atoms with Crippen molar-refractivity contribution in [1.29, 1.82) is 0 Å². The lowest BCUT2D eigenvalue weighted by molar-refractivity contribution is 0.763. The zero-order valence-electron chi connectivity index (χ0n) is 10.7. The van der Waals surface area contributed by atoms with E-state index in [1.807, 2.05) is 6.07 Å². The molecule has 16 heavy (non-hydrogen) atoms. The van der Waals surface area contributed by atoms with Gasteiger partial charge in [-0.25, -0.2) is 0 Å². The molecule has 2 heteroatoms. The summed E-state index contributed by atoms with van der Waals surface area (Å²) in [5, 5.41) is 0. The molecule has 0 heterocycles. The summed E-state index contributed by atoms with van der Waals surface area (Å²) in [7, 11) is -1.08. The van der Waals surface area contributed by atoms with Crippen molar-refractivity contribution in [2.75, 3.05) is 0 Å². The van der Waals surface area contributed by atoms with E-state index in [1.165, 1.54) is 11.1 Å². The van der Waals surface area contributed by atoms with Crippen LogP contribution in [0.2, 0.25) is 25.7 Å². The highest BCUT2D eigenvalue weighted by molar-refractivity contribution is 6.76. The first-order chi connectivity index (χ1) is 7.38. The fraction of sp³-hybridized carbons (Fsp3) is 0.429. The summed E-state index contributed by atoms with van der Waals surface area (Å²) >= 11 is 0. The van der Waals surface area contributed by atoms with Gasteiger partial charge in [0, 0.05) is 14.1 Å². The molecular formula is C14H23NSi. The largest absolute Gasteiger partial charge is 0.324 e. The predicted octanol–water partition coefficient (Wildman–Crippen LogP) is 3.45. The van der Waals surface area contributed by atoms with Crippen LogP contribution in [0.25, 0.3) is 0 Å². The van der Waals surface area contributed by atoms with Crippen LogP contribution in [0.5, 0.6) is 0 Å². The van der Waals surface area contributed by atoms with Crippen LogP contribution in [-0.4, -0.2) is 14.1 Å². The molecule has 0 fully saturated rings. The van der Waals surface area contributed by atoms with Gasteiger partial charge < -0.3 is 5.73 Å². The smallest absolute Gasteiger partial charge is 0.0483 e. The molecule has 1 atom stereocenters. The van der Waals surface area contributed by atoms with Gasteiger partial charge in [-0.2, -0.15) is 0 Å². The molecule has 0 unspecified atom stereocenters. The van der Waals surface area contributed by atoms with Gasteiger partial charge in [0.2, 0.25) is 0 Å². The molecule has 1 rings (SSSR count). The first kappa shape index (κ1) is 13.2. The summed E-state index contributed by atoms with van der Waals surface area (Å²) in [5.41, 5.74) is 8.69. The molecule has 0 amide bonds. The third-order valence-corrected chi connectivity index (χ3v) is 4.09. The lowest BCUT2D eigenvalue weighted by atomic mass is 10.0. The van der Waals surface area contributed by atoms with Crippen LogP contribution in [0.1, 0.15) is 5.56 Å². The van der Waals surface area contributed by atoms with E-state index in [9.17, 15) is 0 Å². The van der Waals surface area contributed by atoms with Gasteiger partial charge in [0.1, 0.15) is 0 Å². The van der Waals surface area contributed by atoms with Crippen molar-refractivity contribution in [3.63, 3.8) is 0 Å². The van der Waals surface area contributed by atoms with Crippen molar-refractivity contribution in [3.05, 3.63) is 48.0 Å². The molecule has 0 aromatic heterocycles. The van der Waals surface area contributed by atoms with Gasteiger partial charge in [0.15, 0.2) is 0 Å². The minimum Gasteiger partial charge on any atom is -0.324 e. The number of hydrogen-bond acceptors (Lipinski definition) is 1. The minimum atomic E-state index is -1.08. The summed E-state index contributed by atoms with van der Waals surface area (Å²) in [6.07, 6.45) is 0.907. The second-order valence-corrected chi connectivity index (χ2v) is 11.2. The molecule has 0 aliphatic heterocycles. The first-order valence-corrected chi connectivity index (χ1v) is 9.56. The van der Waals surface area contributed by atoms with Crippen LogP contribution in [0.3, 0.4) is 0 Å². The number of hydrogen-bond donors (Lipinski definition) is 1. The second kappa shape index (κ2) is 5.46. The summed E-state index contributed by atoms with van der Waals surface area (Å²) in [6.45, 7) is 11.2. The maximum absolute atomic E-state index is 6.18. The maximum Gasteiger partial charge on any atom is 0.0483 e. The molecule has 0 spiro atoms. The monoisotopic (exact) mass is 233 g/mol. The Morgan fingerprint density at radius 2 is 1.81 bits per heavy atom. The van der Waals surface area contributed by atoms with Gasteiger partial charge in [0.05, 0.1) is 0 Å². The lowest BCUT2D eigenvalue weighted by Crippen LogP contribution is -2.30. The number of benzene rings is 1. The van der Waals surface area contributed by atoms with Gasteiger partial charge in [-0.15, -0.1) is 0 Å². The molecule has 1 aromatic rings. The molecule has 88 valence electrons. The van der Waals surface area contributed by atoms with E-state index in [1.54, 1.807) is 0 Å². The topological polar surface area (TPSA) is 26.0 Å². The van der Waals surface area contributed by atoms with Crippen LogP contribution in [-0.2, 0) is 6.42 Å². The Morgan fingerprint density at radius 1 is 1.25 bits per heavy atom. The van der Waals surface area contributed by atoms with E-state index in [-0.39, 0.29) is 6.04 Å². The quantitative estimate of drug-likeness (QED) is 0.612. The van der Waals surface area contributed by atoms with E-state index >= 15 is 0 Å². The third kappa shape index (κ3) is 4.77. The third-order valence-electron chi connectivity index (χ3n) is 2.58. The van der Waals surface area contributed by atoms with Crippen LogP contribution in [0.4, 0.5) is 0 Å². The van der Waals surface area contributed by atoms with Crippen LogP contribution in [0, 0.1) is 0 Å². The summed E-state index contributed by atoms with van der Waals surface area (Å²) in [5.74, 6) is 0. The zero-order valence-corrected chi connectivity index (χ0v) is 11.7. The summed E-state index contributed by atoms with van der Waals surface area (Å²) < 4.78 is 0. The fourth-order valence-electron chi connectivity index (χ4n) is 1.82. The molecule has 1 aromatic carbocycles. The normalized spacial score (nSPS) is 13.5. The van der Waals surface area contributed by atoms with Crippen LogP contribution >= 0.6 is 0 Å². The van der Waals surface area contributed by atoms with Gasteiger partial charge in [0.25, 0.3) is 0 Å². The van der Waals surface area contributed by atoms with Gasteiger partial charge in [-0.05, 0) is 18.0 Å². The standard InChI is InChI=1S/C14H23NSi/c1-12(11-16(2,3)4)14(15)10-13-8-6-5-7-9-13/h5-9,14H,1,10-11,15H2,2-4H3/t14-/m0/s1. The lowest BCUT2D eigenvalue weighted by Gasteiger charge is -2.22. The molecule has 0 saturated carbocycles. The fourth-order valence-corrected chi connectivity index (χ4v) is 3.45. The maximum atomic E-state index is 6.18. The van der Waals surface area contributed by atoms with Gasteiger partial charge in [-0.3, -0.25) is 0 Å². The molecule has 0 bridgehead atoms. The summed E-state index contributed by atoms with van der Waals surface area (Å²) in [6, 6.07) is 11.6. The molecular weight excluding hydrogens is 210 g/mol. The Morgan fingerprint density at radius 3 is 2.31 bits per heavy atom. The van der Waals surface area contributed by atoms with Crippen molar-refractivity contribution >= 4 is 8.07 Å². The van der Waals surface area contributed by atoms with Crippen molar-refractivity contribution in [2.45, 2.75) is 38.1 Å². The second-order valence-electron chi connectivity index (χ2n) is 5.69. The van der Waals surface area contributed by atoms with Crippen molar-refractivity contribution in [2.24, 2.45) is 5.73 Å². The van der Waals surface area contributed by atoms with Crippen LogP contribution < -0.4 is 5.73 Å². The van der Waals surface area contributed by atoms with E-state index in [0.717, 1.165) is 12.5 Å². The highest BCUT2D eigenvalue weighted by atomic mass is 28.3. The number of rotatable bonds is 5. The van der Waals surface area contributed by atoms with Crippen molar-refractivity contribution in [1.82, 2.24) is 0 Å². The Labute approximate surface area is 100 Å². The molecule has 1 nitrogen and oxygen atoms in total. The summed E-state index contributed by atoms with van der Waals surface area (Å²) in [4.78, 5) is 0. The predicted molar refractivity (Wildman–Crippen MR) is 75.4 cm³/mol. The molecule has 0 radical (unpaired) electrons. The zero-order chi connectivity index (χ0) is 12.2. The van der Waals surface area contributed by atoms with E-state index in [4.69, 9.17) is 5.73 Å². The van der Waals surface area contributed by atoms with Crippen LogP contribution in [0.15, 0.2) is 42.5 Å². The van der Waals surface area contributed by atoms with Crippen molar-refractivity contribution in [3.8, 4) is 0 Å². The van der Waals surface area contributed by atoms with E-state index in [2.05, 4.69) is 50.5 Å². The highest BCUT2D eigenvalue weighted by Crippen LogP contribution is 2.18. The van der Waals surface area contributed by atoms with Gasteiger partial charge >= 0.3 is 0 Å². The van der Waals surface area contributed by atoms with Crippen molar-refractivity contribution < 1.29 is 0 Å². The Bertz CT molecular complexity index is 338. The number of nitrogens with two attached hydrogens (primary N) is 1.